The summed E-state index contributed by atoms with van der Waals surface area (Å²) >= 11 is 1.66. The van der Waals surface area contributed by atoms with Crippen LogP contribution < -0.4 is 10.5 Å². The highest BCUT2D eigenvalue weighted by Crippen LogP contribution is 2.27. The van der Waals surface area contributed by atoms with Crippen LogP contribution in [0.25, 0.3) is 11.3 Å². The van der Waals surface area contributed by atoms with E-state index in [1.807, 2.05) is 43.6 Å². The third kappa shape index (κ3) is 3.09. The van der Waals surface area contributed by atoms with Crippen LogP contribution in [0.4, 0.5) is 0 Å². The predicted molar refractivity (Wildman–Crippen MR) is 76.1 cm³/mol. The van der Waals surface area contributed by atoms with Crippen LogP contribution in [-0.4, -0.2) is 17.6 Å². The van der Waals surface area contributed by atoms with Crippen LogP contribution in [0.5, 0.6) is 5.75 Å². The fraction of sp³-hybridized carbons (Fsp3) is 0.357. The summed E-state index contributed by atoms with van der Waals surface area (Å²) in [7, 11) is 0. The van der Waals surface area contributed by atoms with Gasteiger partial charge in [0.05, 0.1) is 17.3 Å². The summed E-state index contributed by atoms with van der Waals surface area (Å²) in [6, 6.07) is 8.07. The SMILES string of the molecule is CC(C)Oc1ccc(-c2ncsc2CCN)cc1. The van der Waals surface area contributed by atoms with Crippen LogP contribution in [0.1, 0.15) is 18.7 Å². The van der Waals surface area contributed by atoms with E-state index in [9.17, 15) is 0 Å². The Morgan fingerprint density at radius 1 is 1.28 bits per heavy atom. The third-order valence-electron chi connectivity index (χ3n) is 2.51. The first-order valence-electron chi connectivity index (χ1n) is 6.10. The Balaban J connectivity index is 2.20. The summed E-state index contributed by atoms with van der Waals surface area (Å²) < 4.78 is 5.63. The van der Waals surface area contributed by atoms with Crippen molar-refractivity contribution in [1.82, 2.24) is 4.98 Å². The number of hydrogen-bond acceptors (Lipinski definition) is 4. The summed E-state index contributed by atoms with van der Waals surface area (Å²) in [5, 5.41) is 0. The normalized spacial score (nSPS) is 10.9. The van der Waals surface area contributed by atoms with Gasteiger partial charge in [-0.25, -0.2) is 4.98 Å². The minimum Gasteiger partial charge on any atom is -0.491 e. The summed E-state index contributed by atoms with van der Waals surface area (Å²) in [5.41, 5.74) is 9.64. The van der Waals surface area contributed by atoms with Crippen molar-refractivity contribution in [2.45, 2.75) is 26.4 Å². The molecular formula is C14H18N2OS. The molecule has 2 aromatic rings. The van der Waals surface area contributed by atoms with Gasteiger partial charge in [0.2, 0.25) is 0 Å². The number of ether oxygens (including phenoxy) is 1. The van der Waals surface area contributed by atoms with Gasteiger partial charge < -0.3 is 10.5 Å². The maximum atomic E-state index is 5.63. The summed E-state index contributed by atoms with van der Waals surface area (Å²) in [5.74, 6) is 0.893. The second-order valence-corrected chi connectivity index (χ2v) is 5.29. The highest BCUT2D eigenvalue weighted by atomic mass is 32.1. The van der Waals surface area contributed by atoms with Gasteiger partial charge in [0.25, 0.3) is 0 Å². The van der Waals surface area contributed by atoms with Crippen LogP contribution >= 0.6 is 11.3 Å². The molecule has 1 aromatic heterocycles. The van der Waals surface area contributed by atoms with Crippen molar-refractivity contribution in [3.63, 3.8) is 0 Å². The fourth-order valence-electron chi connectivity index (χ4n) is 1.78. The topological polar surface area (TPSA) is 48.1 Å². The van der Waals surface area contributed by atoms with Gasteiger partial charge in [-0.2, -0.15) is 0 Å². The van der Waals surface area contributed by atoms with Crippen molar-refractivity contribution in [2.75, 3.05) is 6.54 Å². The zero-order valence-corrected chi connectivity index (χ0v) is 11.5. The summed E-state index contributed by atoms with van der Waals surface area (Å²) in [6.45, 7) is 4.70. The van der Waals surface area contributed by atoms with Crippen molar-refractivity contribution in [1.29, 1.82) is 0 Å². The third-order valence-corrected chi connectivity index (χ3v) is 3.40. The highest BCUT2D eigenvalue weighted by Gasteiger charge is 2.08. The number of thiazole rings is 1. The second kappa shape index (κ2) is 5.98. The molecule has 0 saturated carbocycles. The Hall–Kier alpha value is -1.39. The van der Waals surface area contributed by atoms with Gasteiger partial charge in [0, 0.05) is 10.4 Å². The Kier molecular flexibility index (Phi) is 4.33. The number of rotatable bonds is 5. The van der Waals surface area contributed by atoms with E-state index in [1.54, 1.807) is 11.3 Å². The van der Waals surface area contributed by atoms with Gasteiger partial charge >= 0.3 is 0 Å². The van der Waals surface area contributed by atoms with E-state index in [-0.39, 0.29) is 6.10 Å². The smallest absolute Gasteiger partial charge is 0.119 e. The van der Waals surface area contributed by atoms with Crippen LogP contribution in [-0.2, 0) is 6.42 Å². The molecule has 0 fully saturated rings. The van der Waals surface area contributed by atoms with Gasteiger partial charge in [-0.05, 0) is 51.1 Å². The van der Waals surface area contributed by atoms with Crippen molar-refractivity contribution in [3.8, 4) is 17.0 Å². The average Bonchev–Trinajstić information content (AvgIpc) is 2.78. The highest BCUT2D eigenvalue weighted by molar-refractivity contribution is 7.10. The average molecular weight is 262 g/mol. The zero-order valence-electron chi connectivity index (χ0n) is 10.7. The first-order chi connectivity index (χ1) is 8.70. The number of nitrogens with zero attached hydrogens (tertiary/aromatic N) is 1. The van der Waals surface area contributed by atoms with E-state index in [0.717, 1.165) is 23.4 Å². The molecule has 18 heavy (non-hydrogen) atoms. The van der Waals surface area contributed by atoms with Crippen LogP contribution in [0.2, 0.25) is 0 Å². The maximum absolute atomic E-state index is 5.63. The van der Waals surface area contributed by atoms with E-state index < -0.39 is 0 Å². The van der Waals surface area contributed by atoms with Crippen LogP contribution in [0.15, 0.2) is 29.8 Å². The van der Waals surface area contributed by atoms with Gasteiger partial charge in [0.15, 0.2) is 0 Å². The first-order valence-corrected chi connectivity index (χ1v) is 6.98. The quantitative estimate of drug-likeness (QED) is 0.900. The van der Waals surface area contributed by atoms with E-state index in [4.69, 9.17) is 10.5 Å². The molecule has 0 aliphatic carbocycles. The van der Waals surface area contributed by atoms with Crippen molar-refractivity contribution >= 4 is 11.3 Å². The molecule has 0 amide bonds. The Morgan fingerprint density at radius 3 is 2.61 bits per heavy atom. The molecule has 0 bridgehead atoms. The lowest BCUT2D eigenvalue weighted by molar-refractivity contribution is 0.242. The number of hydrogen-bond donors (Lipinski definition) is 1. The fourth-order valence-corrected chi connectivity index (χ4v) is 2.58. The molecule has 0 radical (unpaired) electrons. The molecule has 0 atom stereocenters. The van der Waals surface area contributed by atoms with Crippen LogP contribution in [0.3, 0.4) is 0 Å². The van der Waals surface area contributed by atoms with E-state index in [2.05, 4.69) is 4.98 Å². The summed E-state index contributed by atoms with van der Waals surface area (Å²) in [6.07, 6.45) is 1.08. The molecule has 0 spiro atoms. The minimum atomic E-state index is 0.197. The maximum Gasteiger partial charge on any atom is 0.119 e. The number of aromatic nitrogens is 1. The Morgan fingerprint density at radius 2 is 2.00 bits per heavy atom. The minimum absolute atomic E-state index is 0.197. The molecule has 0 unspecified atom stereocenters. The van der Waals surface area contributed by atoms with E-state index >= 15 is 0 Å². The molecule has 3 nitrogen and oxygen atoms in total. The molecule has 2 N–H and O–H groups in total. The van der Waals surface area contributed by atoms with Crippen molar-refractivity contribution in [3.05, 3.63) is 34.7 Å². The molecule has 2 rings (SSSR count). The zero-order chi connectivity index (χ0) is 13.0. The second-order valence-electron chi connectivity index (χ2n) is 4.35. The van der Waals surface area contributed by atoms with Gasteiger partial charge in [0.1, 0.15) is 5.75 Å². The van der Waals surface area contributed by atoms with Crippen molar-refractivity contribution < 1.29 is 4.74 Å². The van der Waals surface area contributed by atoms with Gasteiger partial charge in [-0.15, -0.1) is 11.3 Å². The number of nitrogens with two attached hydrogens (primary N) is 1. The molecule has 4 heteroatoms. The Bertz CT molecular complexity index is 491. The lowest BCUT2D eigenvalue weighted by Crippen LogP contribution is -2.05. The van der Waals surface area contributed by atoms with Gasteiger partial charge in [-0.3, -0.25) is 0 Å². The predicted octanol–water partition coefficient (Wildman–Crippen LogP) is 3.10. The Labute approximate surface area is 112 Å². The molecule has 1 heterocycles. The molecule has 0 saturated heterocycles. The van der Waals surface area contributed by atoms with Gasteiger partial charge in [-0.1, -0.05) is 0 Å². The van der Waals surface area contributed by atoms with E-state index in [0.29, 0.717) is 6.54 Å². The van der Waals surface area contributed by atoms with Crippen molar-refractivity contribution in [2.24, 2.45) is 5.73 Å². The molecule has 96 valence electrons. The molecule has 1 aromatic carbocycles. The largest absolute Gasteiger partial charge is 0.491 e. The first kappa shape index (κ1) is 13.1. The summed E-state index contributed by atoms with van der Waals surface area (Å²) in [4.78, 5) is 5.66. The molecule has 0 aliphatic rings. The lowest BCUT2D eigenvalue weighted by atomic mass is 10.1. The van der Waals surface area contributed by atoms with E-state index in [1.165, 1.54) is 4.88 Å². The lowest BCUT2D eigenvalue weighted by Gasteiger charge is -2.10. The standard InChI is InChI=1S/C14H18N2OS/c1-10(2)17-12-5-3-11(4-6-12)14-13(7-8-15)18-9-16-14/h3-6,9-10H,7-8,15H2,1-2H3. The monoisotopic (exact) mass is 262 g/mol. The van der Waals surface area contributed by atoms with Crippen LogP contribution in [0, 0.1) is 0 Å². The molecular weight excluding hydrogens is 244 g/mol. The molecule has 0 aliphatic heterocycles. The number of benzene rings is 1.